The van der Waals surface area contributed by atoms with Gasteiger partial charge in [-0.25, -0.2) is 4.98 Å². The summed E-state index contributed by atoms with van der Waals surface area (Å²) >= 11 is 0. The van der Waals surface area contributed by atoms with Crippen molar-refractivity contribution < 1.29 is 9.32 Å². The smallest absolute Gasteiger partial charge is 0.257 e. The zero-order chi connectivity index (χ0) is 13.4. The molecule has 3 rings (SSSR count). The zero-order valence-corrected chi connectivity index (χ0v) is 11.0. The Labute approximate surface area is 110 Å². The fourth-order valence-corrected chi connectivity index (χ4v) is 2.40. The van der Waals surface area contributed by atoms with E-state index in [9.17, 15) is 4.79 Å². The first kappa shape index (κ1) is 12.1. The number of amides is 1. The lowest BCUT2D eigenvalue weighted by molar-refractivity contribution is 0.0743. The highest BCUT2D eigenvalue weighted by Gasteiger charge is 2.24. The number of rotatable bonds is 2. The van der Waals surface area contributed by atoms with E-state index < -0.39 is 0 Å². The summed E-state index contributed by atoms with van der Waals surface area (Å²) in [6, 6.07) is 2.06. The maximum absolute atomic E-state index is 12.4. The first-order valence-corrected chi connectivity index (χ1v) is 6.36. The Morgan fingerprint density at radius 2 is 2.42 bits per heavy atom. The molecule has 1 N–H and O–H groups in total. The monoisotopic (exact) mass is 260 g/mol. The van der Waals surface area contributed by atoms with E-state index in [1.807, 2.05) is 14.0 Å². The van der Waals surface area contributed by atoms with Crippen LogP contribution in [0.2, 0.25) is 0 Å². The summed E-state index contributed by atoms with van der Waals surface area (Å²) in [6.45, 7) is 3.65. The number of hydrogen-bond donors (Lipinski definition) is 1. The number of nitrogens with one attached hydrogen (secondary N) is 1. The molecule has 0 spiro atoms. The van der Waals surface area contributed by atoms with E-state index in [4.69, 9.17) is 4.52 Å². The number of likely N-dealkylation sites (N-methyl/N-ethyl adjacent to an activating group) is 1. The summed E-state index contributed by atoms with van der Waals surface area (Å²) < 4.78 is 5.05. The van der Waals surface area contributed by atoms with Crippen LogP contribution in [-0.4, -0.2) is 47.1 Å². The Bertz CT molecular complexity index is 616. The SMILES string of the molecule is Cc1noc2ncc(C(=O)N(C)C3CCNC3)cc12. The van der Waals surface area contributed by atoms with E-state index in [0.717, 1.165) is 30.6 Å². The van der Waals surface area contributed by atoms with Crippen molar-refractivity contribution in [3.63, 3.8) is 0 Å². The summed E-state index contributed by atoms with van der Waals surface area (Å²) in [7, 11) is 1.84. The molecule has 1 aliphatic heterocycles. The van der Waals surface area contributed by atoms with Crippen LogP contribution in [0.25, 0.3) is 11.1 Å². The summed E-state index contributed by atoms with van der Waals surface area (Å²) in [5, 5.41) is 7.90. The number of pyridine rings is 1. The lowest BCUT2D eigenvalue weighted by Gasteiger charge is -2.23. The number of nitrogens with zero attached hydrogens (tertiary/aromatic N) is 3. The van der Waals surface area contributed by atoms with Gasteiger partial charge in [-0.3, -0.25) is 4.79 Å². The Morgan fingerprint density at radius 1 is 1.58 bits per heavy atom. The first-order valence-electron chi connectivity index (χ1n) is 6.36. The second-order valence-corrected chi connectivity index (χ2v) is 4.91. The second-order valence-electron chi connectivity index (χ2n) is 4.91. The van der Waals surface area contributed by atoms with Crippen LogP contribution >= 0.6 is 0 Å². The summed E-state index contributed by atoms with van der Waals surface area (Å²) in [6.07, 6.45) is 2.54. The van der Waals surface area contributed by atoms with Gasteiger partial charge in [0.05, 0.1) is 16.6 Å². The lowest BCUT2D eigenvalue weighted by Crippen LogP contribution is -2.38. The molecule has 0 aliphatic carbocycles. The highest BCUT2D eigenvalue weighted by molar-refractivity contribution is 5.97. The van der Waals surface area contributed by atoms with Gasteiger partial charge in [-0.05, 0) is 26.0 Å². The van der Waals surface area contributed by atoms with Crippen molar-refractivity contribution in [2.75, 3.05) is 20.1 Å². The van der Waals surface area contributed by atoms with Crippen molar-refractivity contribution >= 4 is 17.0 Å². The van der Waals surface area contributed by atoms with Crippen molar-refractivity contribution in [1.29, 1.82) is 0 Å². The molecule has 6 nitrogen and oxygen atoms in total. The molecule has 100 valence electrons. The van der Waals surface area contributed by atoms with Crippen LogP contribution in [0, 0.1) is 6.92 Å². The van der Waals surface area contributed by atoms with Gasteiger partial charge in [0.15, 0.2) is 0 Å². The van der Waals surface area contributed by atoms with Crippen LogP contribution in [0.1, 0.15) is 22.5 Å². The Kier molecular flexibility index (Phi) is 2.94. The molecule has 2 aromatic rings. The van der Waals surface area contributed by atoms with Gasteiger partial charge in [-0.1, -0.05) is 5.16 Å². The summed E-state index contributed by atoms with van der Waals surface area (Å²) in [5.41, 5.74) is 1.80. The topological polar surface area (TPSA) is 71.3 Å². The van der Waals surface area contributed by atoms with Crippen molar-refractivity contribution in [3.05, 3.63) is 23.5 Å². The van der Waals surface area contributed by atoms with Crippen LogP contribution in [0.15, 0.2) is 16.8 Å². The number of carbonyl (C=O) groups excluding carboxylic acids is 1. The largest absolute Gasteiger partial charge is 0.337 e. The van der Waals surface area contributed by atoms with E-state index in [1.165, 1.54) is 0 Å². The molecule has 1 fully saturated rings. The van der Waals surface area contributed by atoms with Crippen molar-refractivity contribution in [1.82, 2.24) is 20.4 Å². The van der Waals surface area contributed by atoms with E-state index in [1.54, 1.807) is 17.2 Å². The van der Waals surface area contributed by atoms with Crippen molar-refractivity contribution in [2.24, 2.45) is 0 Å². The quantitative estimate of drug-likeness (QED) is 0.871. The highest BCUT2D eigenvalue weighted by atomic mass is 16.5. The number of fused-ring (bicyclic) bond motifs is 1. The van der Waals surface area contributed by atoms with Crippen molar-refractivity contribution in [3.8, 4) is 0 Å². The molecule has 0 bridgehead atoms. The molecular weight excluding hydrogens is 244 g/mol. The van der Waals surface area contributed by atoms with Gasteiger partial charge in [0.2, 0.25) is 0 Å². The number of aryl methyl sites for hydroxylation is 1. The van der Waals surface area contributed by atoms with E-state index in [0.29, 0.717) is 11.3 Å². The normalized spacial score (nSPS) is 18.9. The van der Waals surface area contributed by atoms with E-state index >= 15 is 0 Å². The summed E-state index contributed by atoms with van der Waals surface area (Å²) in [5.74, 6) is -0.0105. The molecule has 1 amide bonds. The maximum Gasteiger partial charge on any atom is 0.257 e. The molecule has 1 unspecified atom stereocenters. The van der Waals surface area contributed by atoms with E-state index in [2.05, 4.69) is 15.5 Å². The third-order valence-electron chi connectivity index (χ3n) is 3.66. The minimum absolute atomic E-state index is 0.0105. The van der Waals surface area contributed by atoms with Gasteiger partial charge in [-0.15, -0.1) is 0 Å². The molecule has 1 saturated heterocycles. The molecule has 6 heteroatoms. The molecule has 0 radical (unpaired) electrons. The Morgan fingerprint density at radius 3 is 3.16 bits per heavy atom. The molecule has 3 heterocycles. The predicted molar refractivity (Wildman–Crippen MR) is 69.9 cm³/mol. The first-order chi connectivity index (χ1) is 9.16. The minimum Gasteiger partial charge on any atom is -0.337 e. The van der Waals surface area contributed by atoms with Crippen LogP contribution in [0.5, 0.6) is 0 Å². The van der Waals surface area contributed by atoms with Gasteiger partial charge < -0.3 is 14.7 Å². The average Bonchev–Trinajstić information content (AvgIpc) is 3.07. The second kappa shape index (κ2) is 4.62. The molecule has 0 aromatic carbocycles. The van der Waals surface area contributed by atoms with Crippen LogP contribution in [0.4, 0.5) is 0 Å². The molecule has 19 heavy (non-hydrogen) atoms. The standard InChI is InChI=1S/C13H16N4O2/c1-8-11-5-9(6-15-12(11)19-16-8)13(18)17(2)10-3-4-14-7-10/h5-6,10,14H,3-4,7H2,1-2H3. The maximum atomic E-state index is 12.4. The fourth-order valence-electron chi connectivity index (χ4n) is 2.40. The van der Waals surface area contributed by atoms with Gasteiger partial charge in [0.25, 0.3) is 11.6 Å². The van der Waals surface area contributed by atoms with Gasteiger partial charge >= 0.3 is 0 Å². The van der Waals surface area contributed by atoms with Crippen LogP contribution in [-0.2, 0) is 0 Å². The van der Waals surface area contributed by atoms with Gasteiger partial charge in [0, 0.05) is 25.8 Å². The lowest BCUT2D eigenvalue weighted by atomic mass is 10.1. The Hall–Kier alpha value is -1.95. The number of aromatic nitrogens is 2. The minimum atomic E-state index is -0.0105. The number of hydrogen-bond acceptors (Lipinski definition) is 5. The third-order valence-corrected chi connectivity index (χ3v) is 3.66. The third kappa shape index (κ3) is 2.08. The van der Waals surface area contributed by atoms with Crippen molar-refractivity contribution in [2.45, 2.75) is 19.4 Å². The predicted octanol–water partition coefficient (Wildman–Crippen LogP) is 0.965. The molecular formula is C13H16N4O2. The highest BCUT2D eigenvalue weighted by Crippen LogP contribution is 2.18. The molecule has 1 atom stereocenters. The molecule has 2 aromatic heterocycles. The fraction of sp³-hybridized carbons (Fsp3) is 0.462. The van der Waals surface area contributed by atoms with Crippen LogP contribution < -0.4 is 5.32 Å². The number of carbonyl (C=O) groups is 1. The average molecular weight is 260 g/mol. The molecule has 1 aliphatic rings. The van der Waals surface area contributed by atoms with Gasteiger partial charge in [0.1, 0.15) is 0 Å². The molecule has 0 saturated carbocycles. The Balaban J connectivity index is 1.90. The summed E-state index contributed by atoms with van der Waals surface area (Å²) in [4.78, 5) is 18.3. The van der Waals surface area contributed by atoms with E-state index in [-0.39, 0.29) is 11.9 Å². The van der Waals surface area contributed by atoms with Gasteiger partial charge in [-0.2, -0.15) is 0 Å². The van der Waals surface area contributed by atoms with Crippen LogP contribution in [0.3, 0.4) is 0 Å². The zero-order valence-electron chi connectivity index (χ0n) is 11.0.